The third-order valence-electron chi connectivity index (χ3n) is 3.55. The van der Waals surface area contributed by atoms with E-state index in [4.69, 9.17) is 25.6 Å². The van der Waals surface area contributed by atoms with Crippen LogP contribution < -0.4 is 0 Å². The minimum atomic E-state index is -1.14. The second-order valence-electron chi connectivity index (χ2n) is 5.27. The smallest absolute Gasteiger partial charge is 0.338 e. The van der Waals surface area contributed by atoms with Gasteiger partial charge in [-0.15, -0.1) is 0 Å². The van der Waals surface area contributed by atoms with Crippen molar-refractivity contribution in [2.75, 3.05) is 0 Å². The topological polar surface area (TPSA) is 120 Å². The molecule has 26 heavy (non-hydrogen) atoms. The van der Waals surface area contributed by atoms with Gasteiger partial charge in [0, 0.05) is 5.56 Å². The number of hydrogen-bond donors (Lipinski definition) is 1. The molecule has 0 aliphatic heterocycles. The Morgan fingerprint density at radius 3 is 2.77 bits per heavy atom. The molecule has 0 aliphatic carbocycles. The van der Waals surface area contributed by atoms with Crippen molar-refractivity contribution in [2.24, 2.45) is 0 Å². The van der Waals surface area contributed by atoms with E-state index in [1.807, 2.05) is 0 Å². The quantitative estimate of drug-likeness (QED) is 0.508. The Hall–Kier alpha value is -3.39. The SMILES string of the molecule is Cc1noc(/C=C\c2ccc(-c3ccc(Cl)c(C(=O)O)c3)o2)c1[N+](=O)[O-]. The van der Waals surface area contributed by atoms with Crippen LogP contribution in [-0.4, -0.2) is 21.2 Å². The van der Waals surface area contributed by atoms with E-state index in [0.29, 0.717) is 17.1 Å². The van der Waals surface area contributed by atoms with Crippen LogP contribution in [-0.2, 0) is 0 Å². The lowest BCUT2D eigenvalue weighted by Gasteiger charge is -2.01. The summed E-state index contributed by atoms with van der Waals surface area (Å²) in [7, 11) is 0. The van der Waals surface area contributed by atoms with E-state index >= 15 is 0 Å². The average molecular weight is 375 g/mol. The van der Waals surface area contributed by atoms with E-state index in [0.717, 1.165) is 0 Å². The number of carboxylic acids is 1. The molecule has 0 bridgehead atoms. The lowest BCUT2D eigenvalue weighted by atomic mass is 10.1. The molecular formula is C17H11ClN2O6. The van der Waals surface area contributed by atoms with Crippen molar-refractivity contribution in [3.63, 3.8) is 0 Å². The van der Waals surface area contributed by atoms with Crippen molar-refractivity contribution in [2.45, 2.75) is 6.92 Å². The molecule has 0 fully saturated rings. The largest absolute Gasteiger partial charge is 0.478 e. The van der Waals surface area contributed by atoms with E-state index < -0.39 is 10.9 Å². The number of aryl methyl sites for hydroxylation is 1. The summed E-state index contributed by atoms with van der Waals surface area (Å²) in [5.41, 5.74) is 0.465. The zero-order valence-corrected chi connectivity index (χ0v) is 14.1. The summed E-state index contributed by atoms with van der Waals surface area (Å²) >= 11 is 5.85. The Balaban J connectivity index is 1.88. The minimum Gasteiger partial charge on any atom is -0.478 e. The number of aromatic carboxylic acids is 1. The van der Waals surface area contributed by atoms with Crippen molar-refractivity contribution >= 4 is 35.4 Å². The molecule has 0 radical (unpaired) electrons. The molecule has 0 spiro atoms. The van der Waals surface area contributed by atoms with E-state index in [1.54, 1.807) is 18.2 Å². The zero-order chi connectivity index (χ0) is 18.8. The van der Waals surface area contributed by atoms with Crippen molar-refractivity contribution < 1.29 is 23.8 Å². The molecule has 3 rings (SSSR count). The molecule has 0 amide bonds. The molecule has 0 aliphatic rings. The second kappa shape index (κ2) is 6.85. The molecular weight excluding hydrogens is 364 g/mol. The predicted molar refractivity (Wildman–Crippen MR) is 92.9 cm³/mol. The van der Waals surface area contributed by atoms with Gasteiger partial charge < -0.3 is 14.0 Å². The fraction of sp³-hybridized carbons (Fsp3) is 0.0588. The highest BCUT2D eigenvalue weighted by Crippen LogP contribution is 2.29. The summed E-state index contributed by atoms with van der Waals surface area (Å²) in [6.45, 7) is 1.48. The van der Waals surface area contributed by atoms with Crippen molar-refractivity contribution in [3.8, 4) is 11.3 Å². The van der Waals surface area contributed by atoms with Crippen LogP contribution in [0.15, 0.2) is 39.3 Å². The van der Waals surface area contributed by atoms with Crippen molar-refractivity contribution in [1.82, 2.24) is 5.16 Å². The van der Waals surface area contributed by atoms with E-state index in [-0.39, 0.29) is 27.7 Å². The number of carbonyl (C=O) groups is 1. The highest BCUT2D eigenvalue weighted by Gasteiger charge is 2.22. The highest BCUT2D eigenvalue weighted by atomic mass is 35.5. The molecule has 0 atom stereocenters. The van der Waals surface area contributed by atoms with Crippen LogP contribution in [0.4, 0.5) is 5.69 Å². The van der Waals surface area contributed by atoms with Gasteiger partial charge in [-0.25, -0.2) is 4.79 Å². The first-order valence-corrected chi connectivity index (χ1v) is 7.66. The molecule has 1 N–H and O–H groups in total. The fourth-order valence-corrected chi connectivity index (χ4v) is 2.51. The van der Waals surface area contributed by atoms with E-state index in [2.05, 4.69) is 5.16 Å². The Morgan fingerprint density at radius 2 is 2.08 bits per heavy atom. The monoisotopic (exact) mass is 374 g/mol. The van der Waals surface area contributed by atoms with Gasteiger partial charge in [-0.3, -0.25) is 10.1 Å². The van der Waals surface area contributed by atoms with Gasteiger partial charge in [-0.05, 0) is 49.4 Å². The Kier molecular flexibility index (Phi) is 4.59. The number of nitro groups is 1. The van der Waals surface area contributed by atoms with E-state index in [9.17, 15) is 14.9 Å². The summed E-state index contributed by atoms with van der Waals surface area (Å²) in [6, 6.07) is 7.79. The molecule has 0 saturated carbocycles. The number of carboxylic acid groups (broad SMARTS) is 1. The molecule has 2 aromatic heterocycles. The molecule has 8 nitrogen and oxygen atoms in total. The first-order chi connectivity index (χ1) is 12.4. The maximum absolute atomic E-state index is 11.2. The zero-order valence-electron chi connectivity index (χ0n) is 13.3. The van der Waals surface area contributed by atoms with Gasteiger partial charge in [-0.2, -0.15) is 0 Å². The van der Waals surface area contributed by atoms with Gasteiger partial charge in [0.2, 0.25) is 5.76 Å². The predicted octanol–water partition coefficient (Wildman–Crippen LogP) is 4.67. The summed E-state index contributed by atoms with van der Waals surface area (Å²) in [5.74, 6) is -0.316. The number of aromatic nitrogens is 1. The Morgan fingerprint density at radius 1 is 1.31 bits per heavy atom. The summed E-state index contributed by atoms with van der Waals surface area (Å²) in [5, 5.41) is 23.8. The van der Waals surface area contributed by atoms with Crippen LogP contribution in [0, 0.1) is 17.0 Å². The van der Waals surface area contributed by atoms with Gasteiger partial charge in [0.15, 0.2) is 5.69 Å². The number of halogens is 1. The van der Waals surface area contributed by atoms with Crippen LogP contribution in [0.25, 0.3) is 23.5 Å². The van der Waals surface area contributed by atoms with Crippen LogP contribution in [0.1, 0.15) is 27.6 Å². The van der Waals surface area contributed by atoms with Gasteiger partial charge in [-0.1, -0.05) is 16.8 Å². The summed E-state index contributed by atoms with van der Waals surface area (Å²) in [4.78, 5) is 21.6. The first-order valence-electron chi connectivity index (χ1n) is 7.28. The van der Waals surface area contributed by atoms with Crippen molar-refractivity contribution in [3.05, 3.63) is 68.2 Å². The summed E-state index contributed by atoms with van der Waals surface area (Å²) in [6.07, 6.45) is 2.87. The molecule has 9 heteroatoms. The molecule has 3 aromatic rings. The standard InChI is InChI=1S/C17H11ClN2O6/c1-9-16(20(23)24)15(26-19-9)7-4-11-3-6-14(25-11)10-2-5-13(18)12(8-10)17(21)22/h2-8H,1H3,(H,21,22)/b7-4-. The van der Waals surface area contributed by atoms with Gasteiger partial charge in [0.1, 0.15) is 11.5 Å². The number of rotatable bonds is 5. The average Bonchev–Trinajstić information content (AvgIpc) is 3.19. The van der Waals surface area contributed by atoms with E-state index in [1.165, 1.54) is 31.2 Å². The molecule has 2 heterocycles. The van der Waals surface area contributed by atoms with Crippen molar-refractivity contribution in [1.29, 1.82) is 0 Å². The van der Waals surface area contributed by atoms with Crippen LogP contribution in [0.2, 0.25) is 5.02 Å². The van der Waals surface area contributed by atoms with Crippen LogP contribution in [0.5, 0.6) is 0 Å². The number of nitrogens with zero attached hydrogens (tertiary/aromatic N) is 2. The fourth-order valence-electron chi connectivity index (χ4n) is 2.31. The van der Waals surface area contributed by atoms with Crippen LogP contribution >= 0.6 is 11.6 Å². The Bertz CT molecular complexity index is 1030. The normalized spacial score (nSPS) is 11.2. The summed E-state index contributed by atoms with van der Waals surface area (Å²) < 4.78 is 10.5. The third-order valence-corrected chi connectivity index (χ3v) is 3.88. The minimum absolute atomic E-state index is 0.00473. The molecule has 0 saturated heterocycles. The maximum Gasteiger partial charge on any atom is 0.338 e. The number of benzene rings is 1. The highest BCUT2D eigenvalue weighted by molar-refractivity contribution is 6.33. The van der Waals surface area contributed by atoms with Gasteiger partial charge >= 0.3 is 11.7 Å². The maximum atomic E-state index is 11.2. The molecule has 132 valence electrons. The second-order valence-corrected chi connectivity index (χ2v) is 5.68. The third kappa shape index (κ3) is 3.35. The van der Waals surface area contributed by atoms with Gasteiger partial charge in [0.05, 0.1) is 15.5 Å². The number of hydrogen-bond acceptors (Lipinski definition) is 6. The lowest BCUT2D eigenvalue weighted by molar-refractivity contribution is -0.386. The lowest BCUT2D eigenvalue weighted by Crippen LogP contribution is -1.97. The van der Waals surface area contributed by atoms with Gasteiger partial charge in [0.25, 0.3) is 0 Å². The molecule has 0 unspecified atom stereocenters. The first kappa shape index (κ1) is 17.4. The number of furan rings is 1. The molecule has 1 aromatic carbocycles. The Labute approximate surface area is 151 Å². The van der Waals surface area contributed by atoms with Crippen LogP contribution in [0.3, 0.4) is 0 Å².